The monoisotopic (exact) mass is 309 g/mol. The summed E-state index contributed by atoms with van der Waals surface area (Å²) < 4.78 is 32.0. The summed E-state index contributed by atoms with van der Waals surface area (Å²) in [4.78, 5) is 12.1. The minimum atomic E-state index is -3.94. The van der Waals surface area contributed by atoms with Crippen molar-refractivity contribution in [2.45, 2.75) is 43.9 Å². The first-order valence-corrected chi connectivity index (χ1v) is 8.26. The van der Waals surface area contributed by atoms with Gasteiger partial charge in [-0.05, 0) is 25.5 Å². The molecule has 0 spiro atoms. The zero-order valence-corrected chi connectivity index (χ0v) is 13.0. The molecule has 0 radical (unpaired) electrons. The Labute approximate surface area is 125 Å². The van der Waals surface area contributed by atoms with E-state index in [0.717, 1.165) is 4.31 Å². The van der Waals surface area contributed by atoms with E-state index in [1.807, 2.05) is 13.8 Å². The van der Waals surface area contributed by atoms with Gasteiger partial charge in [-0.1, -0.05) is 30.9 Å². The SMILES string of the molecule is C=Cc1ccccc1S(=O)(=O)N1C(=O)CCC1OC(C)C. The van der Waals surface area contributed by atoms with Crippen LogP contribution in [0.2, 0.25) is 0 Å². The van der Waals surface area contributed by atoms with Crippen LogP contribution < -0.4 is 0 Å². The summed E-state index contributed by atoms with van der Waals surface area (Å²) in [6.07, 6.45) is 1.12. The first kappa shape index (κ1) is 15.7. The average Bonchev–Trinajstić information content (AvgIpc) is 2.79. The number of carbonyl (C=O) groups excluding carboxylic acids is 1. The van der Waals surface area contributed by atoms with Gasteiger partial charge >= 0.3 is 0 Å². The number of sulfonamides is 1. The van der Waals surface area contributed by atoms with Crippen molar-refractivity contribution in [3.8, 4) is 0 Å². The van der Waals surface area contributed by atoms with Crippen LogP contribution >= 0.6 is 0 Å². The Hall–Kier alpha value is -1.66. The summed E-state index contributed by atoms with van der Waals surface area (Å²) in [7, 11) is -3.94. The lowest BCUT2D eigenvalue weighted by Gasteiger charge is -2.26. The third-order valence-corrected chi connectivity index (χ3v) is 5.10. The molecule has 0 aromatic heterocycles. The number of amides is 1. The molecule has 0 saturated carbocycles. The zero-order valence-electron chi connectivity index (χ0n) is 12.2. The number of nitrogens with zero attached hydrogens (tertiary/aromatic N) is 1. The van der Waals surface area contributed by atoms with Gasteiger partial charge in [0.2, 0.25) is 5.91 Å². The lowest BCUT2D eigenvalue weighted by atomic mass is 10.2. The number of hydrogen-bond donors (Lipinski definition) is 0. The van der Waals surface area contributed by atoms with Crippen molar-refractivity contribution >= 4 is 22.0 Å². The Morgan fingerprint density at radius 3 is 2.67 bits per heavy atom. The minimum Gasteiger partial charge on any atom is -0.355 e. The fourth-order valence-corrected chi connectivity index (χ4v) is 4.09. The number of rotatable bonds is 5. The van der Waals surface area contributed by atoms with Gasteiger partial charge in [0.05, 0.1) is 11.0 Å². The molecule has 1 atom stereocenters. The smallest absolute Gasteiger partial charge is 0.269 e. The van der Waals surface area contributed by atoms with E-state index in [1.54, 1.807) is 18.2 Å². The van der Waals surface area contributed by atoms with Gasteiger partial charge in [0.1, 0.15) is 6.23 Å². The van der Waals surface area contributed by atoms with Crippen molar-refractivity contribution in [3.05, 3.63) is 36.4 Å². The van der Waals surface area contributed by atoms with Gasteiger partial charge in [-0.3, -0.25) is 4.79 Å². The van der Waals surface area contributed by atoms with E-state index in [2.05, 4.69) is 6.58 Å². The molecule has 1 aromatic rings. The van der Waals surface area contributed by atoms with Gasteiger partial charge in [-0.2, -0.15) is 0 Å². The zero-order chi connectivity index (χ0) is 15.6. The summed E-state index contributed by atoms with van der Waals surface area (Å²) >= 11 is 0. The molecule has 1 aliphatic heterocycles. The van der Waals surface area contributed by atoms with Gasteiger partial charge < -0.3 is 4.74 Å². The largest absolute Gasteiger partial charge is 0.355 e. The van der Waals surface area contributed by atoms with Crippen LogP contribution in [-0.2, 0) is 19.6 Å². The van der Waals surface area contributed by atoms with Gasteiger partial charge in [-0.15, -0.1) is 0 Å². The normalized spacial score (nSPS) is 19.3. The predicted octanol–water partition coefficient (Wildman–Crippen LogP) is 2.39. The summed E-state index contributed by atoms with van der Waals surface area (Å²) in [5.74, 6) is -0.431. The first-order chi connectivity index (χ1) is 9.87. The first-order valence-electron chi connectivity index (χ1n) is 6.82. The molecule has 1 heterocycles. The van der Waals surface area contributed by atoms with E-state index in [-0.39, 0.29) is 17.4 Å². The van der Waals surface area contributed by atoms with E-state index in [4.69, 9.17) is 4.74 Å². The topological polar surface area (TPSA) is 63.7 Å². The Bertz CT molecular complexity index is 651. The molecular weight excluding hydrogens is 290 g/mol. The highest BCUT2D eigenvalue weighted by Gasteiger charge is 2.42. The highest BCUT2D eigenvalue weighted by molar-refractivity contribution is 7.89. The second-order valence-corrected chi connectivity index (χ2v) is 6.90. The molecule has 0 bridgehead atoms. The van der Waals surface area contributed by atoms with Crippen LogP contribution in [-0.4, -0.2) is 31.0 Å². The molecule has 114 valence electrons. The highest BCUT2D eigenvalue weighted by Crippen LogP contribution is 2.30. The maximum absolute atomic E-state index is 12.8. The van der Waals surface area contributed by atoms with Gasteiger partial charge in [0, 0.05) is 12.8 Å². The molecule has 2 rings (SSSR count). The summed E-state index contributed by atoms with van der Waals surface area (Å²) in [6, 6.07) is 6.48. The van der Waals surface area contributed by atoms with Crippen molar-refractivity contribution in [1.82, 2.24) is 4.31 Å². The van der Waals surface area contributed by atoms with Crippen molar-refractivity contribution < 1.29 is 17.9 Å². The summed E-state index contributed by atoms with van der Waals surface area (Å²) in [5, 5.41) is 0. The van der Waals surface area contributed by atoms with Crippen LogP contribution in [0.1, 0.15) is 32.3 Å². The van der Waals surface area contributed by atoms with E-state index >= 15 is 0 Å². The Balaban J connectivity index is 2.46. The van der Waals surface area contributed by atoms with Crippen LogP contribution in [0, 0.1) is 0 Å². The van der Waals surface area contributed by atoms with E-state index in [9.17, 15) is 13.2 Å². The van der Waals surface area contributed by atoms with Crippen LogP contribution in [0.4, 0.5) is 0 Å². The van der Waals surface area contributed by atoms with E-state index in [0.29, 0.717) is 12.0 Å². The third-order valence-electron chi connectivity index (χ3n) is 3.22. The lowest BCUT2D eigenvalue weighted by molar-refractivity contribution is -0.129. The quantitative estimate of drug-likeness (QED) is 0.838. The molecule has 0 N–H and O–H groups in total. The molecule has 1 unspecified atom stereocenters. The van der Waals surface area contributed by atoms with Crippen LogP contribution in [0.15, 0.2) is 35.7 Å². The number of hydrogen-bond acceptors (Lipinski definition) is 4. The molecule has 1 fully saturated rings. The van der Waals surface area contributed by atoms with Crippen LogP contribution in [0.5, 0.6) is 0 Å². The second-order valence-electron chi connectivity index (χ2n) is 5.11. The molecular formula is C15H19NO4S. The summed E-state index contributed by atoms with van der Waals surface area (Å²) in [5.41, 5.74) is 0.473. The fraction of sp³-hybridized carbons (Fsp3) is 0.400. The molecule has 5 nitrogen and oxygen atoms in total. The Morgan fingerprint density at radius 1 is 1.38 bits per heavy atom. The highest BCUT2D eigenvalue weighted by atomic mass is 32.2. The van der Waals surface area contributed by atoms with Crippen molar-refractivity contribution in [2.75, 3.05) is 0 Å². The second kappa shape index (κ2) is 5.99. The molecule has 1 amide bonds. The van der Waals surface area contributed by atoms with Crippen molar-refractivity contribution in [3.63, 3.8) is 0 Å². The number of benzene rings is 1. The average molecular weight is 309 g/mol. The van der Waals surface area contributed by atoms with Gasteiger partial charge in [-0.25, -0.2) is 12.7 Å². The van der Waals surface area contributed by atoms with Crippen molar-refractivity contribution in [1.29, 1.82) is 0 Å². The molecule has 1 aliphatic rings. The van der Waals surface area contributed by atoms with E-state index in [1.165, 1.54) is 12.1 Å². The van der Waals surface area contributed by atoms with E-state index < -0.39 is 22.2 Å². The molecule has 1 saturated heterocycles. The molecule has 21 heavy (non-hydrogen) atoms. The molecule has 1 aromatic carbocycles. The maximum Gasteiger partial charge on any atom is 0.269 e. The van der Waals surface area contributed by atoms with Crippen LogP contribution in [0.3, 0.4) is 0 Å². The summed E-state index contributed by atoms with van der Waals surface area (Å²) in [6.45, 7) is 7.24. The number of ether oxygens (including phenoxy) is 1. The third kappa shape index (κ3) is 3.01. The molecule has 6 heteroatoms. The van der Waals surface area contributed by atoms with Gasteiger partial charge in [0.25, 0.3) is 10.0 Å². The standard InChI is InChI=1S/C15H19NO4S/c1-4-12-7-5-6-8-13(12)21(18,19)16-14(17)9-10-15(16)20-11(2)3/h4-8,11,15H,1,9-10H2,2-3H3. The van der Waals surface area contributed by atoms with Gasteiger partial charge in [0.15, 0.2) is 0 Å². The van der Waals surface area contributed by atoms with Crippen LogP contribution in [0.25, 0.3) is 6.08 Å². The minimum absolute atomic E-state index is 0.0765. The molecule has 0 aliphatic carbocycles. The fourth-order valence-electron chi connectivity index (χ4n) is 2.35. The predicted molar refractivity (Wildman–Crippen MR) is 79.8 cm³/mol. The Morgan fingerprint density at radius 2 is 2.05 bits per heavy atom. The maximum atomic E-state index is 12.8. The lowest BCUT2D eigenvalue weighted by Crippen LogP contribution is -2.41. The van der Waals surface area contributed by atoms with Crippen molar-refractivity contribution in [2.24, 2.45) is 0 Å². The Kier molecular flexibility index (Phi) is 4.49. The number of carbonyl (C=O) groups is 1.